The topological polar surface area (TPSA) is 52.6 Å². The number of guanidine groups is 1. The molecule has 1 aromatic carbocycles. The van der Waals surface area contributed by atoms with Gasteiger partial charge in [0.15, 0.2) is 11.1 Å². The SMILES string of the molecule is CCNC(=NCCc1csc(N2CCCC2)n1)NCCc1ccc(F)cc1. The maximum absolute atomic E-state index is 13.0. The van der Waals surface area contributed by atoms with Crippen LogP contribution >= 0.6 is 11.3 Å². The first kappa shape index (κ1) is 19.6. The van der Waals surface area contributed by atoms with Crippen LogP contribution in [0.5, 0.6) is 0 Å². The summed E-state index contributed by atoms with van der Waals surface area (Å²) >= 11 is 1.74. The molecule has 1 aliphatic rings. The summed E-state index contributed by atoms with van der Waals surface area (Å²) in [4.78, 5) is 11.8. The molecule has 0 amide bonds. The third kappa shape index (κ3) is 6.20. The van der Waals surface area contributed by atoms with E-state index in [1.54, 1.807) is 11.3 Å². The van der Waals surface area contributed by atoms with E-state index in [9.17, 15) is 4.39 Å². The average Bonchev–Trinajstić information content (AvgIpc) is 3.35. The second kappa shape index (κ2) is 10.3. The van der Waals surface area contributed by atoms with E-state index >= 15 is 0 Å². The van der Waals surface area contributed by atoms with Crippen LogP contribution < -0.4 is 15.5 Å². The number of thiazole rings is 1. The predicted molar refractivity (Wildman–Crippen MR) is 111 cm³/mol. The van der Waals surface area contributed by atoms with Gasteiger partial charge in [0.1, 0.15) is 5.82 Å². The van der Waals surface area contributed by atoms with Gasteiger partial charge in [0.2, 0.25) is 0 Å². The van der Waals surface area contributed by atoms with Crippen molar-refractivity contribution in [3.63, 3.8) is 0 Å². The number of rotatable bonds is 8. The summed E-state index contributed by atoms with van der Waals surface area (Å²) in [5.41, 5.74) is 2.23. The van der Waals surface area contributed by atoms with E-state index in [1.165, 1.54) is 25.0 Å². The second-order valence-corrected chi connectivity index (χ2v) is 7.47. The summed E-state index contributed by atoms with van der Waals surface area (Å²) in [7, 11) is 0. The van der Waals surface area contributed by atoms with E-state index in [-0.39, 0.29) is 5.82 Å². The number of anilines is 1. The Balaban J connectivity index is 1.44. The first-order valence-corrected chi connectivity index (χ1v) is 10.6. The molecule has 2 aromatic rings. The third-order valence-electron chi connectivity index (χ3n) is 4.52. The lowest BCUT2D eigenvalue weighted by Crippen LogP contribution is -2.38. The fraction of sp³-hybridized carbons (Fsp3) is 0.500. The Morgan fingerprint density at radius 1 is 1.19 bits per heavy atom. The zero-order valence-corrected chi connectivity index (χ0v) is 16.7. The Bertz CT molecular complexity index is 722. The normalized spacial score (nSPS) is 14.6. The summed E-state index contributed by atoms with van der Waals surface area (Å²) < 4.78 is 13.0. The number of aromatic nitrogens is 1. The molecule has 7 heteroatoms. The van der Waals surface area contributed by atoms with Gasteiger partial charge in [0.25, 0.3) is 0 Å². The van der Waals surface area contributed by atoms with Crippen LogP contribution in [-0.4, -0.2) is 43.7 Å². The Morgan fingerprint density at radius 2 is 1.96 bits per heavy atom. The van der Waals surface area contributed by atoms with Gasteiger partial charge in [0, 0.05) is 44.5 Å². The number of hydrogen-bond acceptors (Lipinski definition) is 4. The van der Waals surface area contributed by atoms with Crippen LogP contribution in [0.1, 0.15) is 31.0 Å². The Kier molecular flexibility index (Phi) is 7.45. The Labute approximate surface area is 164 Å². The van der Waals surface area contributed by atoms with E-state index < -0.39 is 0 Å². The molecule has 1 saturated heterocycles. The van der Waals surface area contributed by atoms with E-state index in [2.05, 4.69) is 32.8 Å². The number of aliphatic imine (C=N–C) groups is 1. The van der Waals surface area contributed by atoms with E-state index in [1.807, 2.05) is 12.1 Å². The molecule has 0 bridgehead atoms. The first-order valence-electron chi connectivity index (χ1n) is 9.70. The highest BCUT2D eigenvalue weighted by molar-refractivity contribution is 7.13. The second-order valence-electron chi connectivity index (χ2n) is 6.63. The van der Waals surface area contributed by atoms with E-state index in [4.69, 9.17) is 4.98 Å². The smallest absolute Gasteiger partial charge is 0.191 e. The van der Waals surface area contributed by atoms with Crippen molar-refractivity contribution in [2.45, 2.75) is 32.6 Å². The van der Waals surface area contributed by atoms with Crippen LogP contribution in [0.15, 0.2) is 34.6 Å². The molecule has 0 spiro atoms. The highest BCUT2D eigenvalue weighted by Crippen LogP contribution is 2.24. The van der Waals surface area contributed by atoms with Gasteiger partial charge in [-0.05, 0) is 43.9 Å². The minimum Gasteiger partial charge on any atom is -0.357 e. The van der Waals surface area contributed by atoms with Crippen molar-refractivity contribution in [2.24, 2.45) is 4.99 Å². The Morgan fingerprint density at radius 3 is 2.70 bits per heavy atom. The molecule has 0 radical (unpaired) electrons. The highest BCUT2D eigenvalue weighted by Gasteiger charge is 2.15. The van der Waals surface area contributed by atoms with Crippen molar-refractivity contribution in [3.05, 3.63) is 46.7 Å². The lowest BCUT2D eigenvalue weighted by molar-refractivity contribution is 0.626. The molecule has 0 saturated carbocycles. The van der Waals surface area contributed by atoms with Crippen LogP contribution in [0, 0.1) is 5.82 Å². The predicted octanol–water partition coefficient (Wildman–Crippen LogP) is 3.22. The summed E-state index contributed by atoms with van der Waals surface area (Å²) in [6.45, 7) is 6.60. The van der Waals surface area contributed by atoms with Crippen LogP contribution in [-0.2, 0) is 12.8 Å². The van der Waals surface area contributed by atoms with Gasteiger partial charge in [-0.1, -0.05) is 12.1 Å². The fourth-order valence-electron chi connectivity index (χ4n) is 3.07. The van der Waals surface area contributed by atoms with Crippen molar-refractivity contribution >= 4 is 22.4 Å². The van der Waals surface area contributed by atoms with Crippen LogP contribution in [0.4, 0.5) is 9.52 Å². The van der Waals surface area contributed by atoms with Gasteiger partial charge in [-0.3, -0.25) is 4.99 Å². The zero-order valence-electron chi connectivity index (χ0n) is 15.9. The maximum atomic E-state index is 13.0. The Hall–Kier alpha value is -2.15. The molecule has 0 atom stereocenters. The highest BCUT2D eigenvalue weighted by atomic mass is 32.1. The molecule has 5 nitrogen and oxygen atoms in total. The number of halogens is 1. The lowest BCUT2D eigenvalue weighted by atomic mass is 10.1. The molecule has 2 heterocycles. The number of hydrogen-bond donors (Lipinski definition) is 2. The van der Waals surface area contributed by atoms with Crippen molar-refractivity contribution in [3.8, 4) is 0 Å². The van der Waals surface area contributed by atoms with Crippen molar-refractivity contribution in [1.82, 2.24) is 15.6 Å². The van der Waals surface area contributed by atoms with Gasteiger partial charge in [-0.2, -0.15) is 0 Å². The molecule has 1 aliphatic heterocycles. The molecular weight excluding hydrogens is 361 g/mol. The van der Waals surface area contributed by atoms with Crippen LogP contribution in [0.2, 0.25) is 0 Å². The molecule has 27 heavy (non-hydrogen) atoms. The van der Waals surface area contributed by atoms with Gasteiger partial charge < -0.3 is 15.5 Å². The van der Waals surface area contributed by atoms with Crippen LogP contribution in [0.25, 0.3) is 0 Å². The number of benzene rings is 1. The molecule has 1 aromatic heterocycles. The zero-order chi connectivity index (χ0) is 18.9. The van der Waals surface area contributed by atoms with Crippen molar-refractivity contribution < 1.29 is 4.39 Å². The van der Waals surface area contributed by atoms with Crippen molar-refractivity contribution in [1.29, 1.82) is 0 Å². The van der Waals surface area contributed by atoms with E-state index in [0.29, 0.717) is 6.54 Å². The largest absolute Gasteiger partial charge is 0.357 e. The molecule has 0 unspecified atom stereocenters. The monoisotopic (exact) mass is 389 g/mol. The summed E-state index contributed by atoms with van der Waals surface area (Å²) in [6, 6.07) is 6.64. The summed E-state index contributed by atoms with van der Waals surface area (Å²) in [5.74, 6) is 0.617. The average molecular weight is 390 g/mol. The maximum Gasteiger partial charge on any atom is 0.191 e. The summed E-state index contributed by atoms with van der Waals surface area (Å²) in [5, 5.41) is 9.91. The standard InChI is InChI=1S/C20H28FN5S/c1-2-22-19(23-11-9-16-5-7-17(21)8-6-16)24-12-10-18-15-27-20(25-18)26-13-3-4-14-26/h5-8,15H,2-4,9-14H2,1H3,(H2,22,23,24). The van der Waals surface area contributed by atoms with Gasteiger partial charge in [-0.15, -0.1) is 11.3 Å². The molecular formula is C20H28FN5S. The van der Waals surface area contributed by atoms with Crippen molar-refractivity contribution in [2.75, 3.05) is 37.6 Å². The first-order chi connectivity index (χ1) is 13.2. The minimum atomic E-state index is -0.198. The van der Waals surface area contributed by atoms with Gasteiger partial charge in [0.05, 0.1) is 5.69 Å². The minimum absolute atomic E-state index is 0.198. The summed E-state index contributed by atoms with van der Waals surface area (Å²) in [6.07, 6.45) is 4.22. The fourth-order valence-corrected chi connectivity index (χ4v) is 3.98. The van der Waals surface area contributed by atoms with Gasteiger partial charge in [-0.25, -0.2) is 9.37 Å². The molecule has 1 fully saturated rings. The van der Waals surface area contributed by atoms with E-state index in [0.717, 1.165) is 61.4 Å². The molecule has 2 N–H and O–H groups in total. The third-order valence-corrected chi connectivity index (χ3v) is 5.47. The molecule has 0 aliphatic carbocycles. The number of nitrogens with one attached hydrogen (secondary N) is 2. The quantitative estimate of drug-likeness (QED) is 0.538. The van der Waals surface area contributed by atoms with Gasteiger partial charge >= 0.3 is 0 Å². The number of nitrogens with zero attached hydrogens (tertiary/aromatic N) is 3. The lowest BCUT2D eigenvalue weighted by Gasteiger charge is -2.12. The molecule has 146 valence electrons. The molecule has 3 rings (SSSR count). The van der Waals surface area contributed by atoms with Crippen LogP contribution in [0.3, 0.4) is 0 Å².